The van der Waals surface area contributed by atoms with E-state index < -0.39 is 0 Å². The number of hydrogen-bond donors (Lipinski definition) is 2. The first-order chi connectivity index (χ1) is 10.5. The average molecular weight is 316 g/mol. The molecule has 2 heterocycles. The Balaban J connectivity index is 1.75. The molecule has 8 heteroatoms. The number of para-hydroxylation sites is 1. The van der Waals surface area contributed by atoms with Crippen molar-refractivity contribution in [3.05, 3.63) is 29.8 Å². The molecular weight excluding hydrogens is 300 g/mol. The van der Waals surface area contributed by atoms with Crippen molar-refractivity contribution in [1.29, 1.82) is 0 Å². The number of nitrogens with zero attached hydrogens (tertiary/aromatic N) is 4. The zero-order chi connectivity index (χ0) is 15.7. The Bertz CT molecular complexity index is 702. The summed E-state index contributed by atoms with van der Waals surface area (Å²) in [6, 6.07) is 7.95. The second-order valence-electron chi connectivity index (χ2n) is 4.96. The fourth-order valence-electron chi connectivity index (χ4n) is 2.44. The van der Waals surface area contributed by atoms with Crippen LogP contribution >= 0.6 is 11.8 Å². The van der Waals surface area contributed by atoms with Crippen LogP contribution in [0.15, 0.2) is 29.4 Å². The normalized spacial score (nSPS) is 14.7. The van der Waals surface area contributed by atoms with Crippen molar-refractivity contribution in [2.45, 2.75) is 23.8 Å². The van der Waals surface area contributed by atoms with Crippen LogP contribution in [0.4, 0.5) is 17.6 Å². The molecule has 0 bridgehead atoms. The summed E-state index contributed by atoms with van der Waals surface area (Å²) in [7, 11) is 0. The quantitative estimate of drug-likeness (QED) is 0.816. The Labute approximate surface area is 132 Å². The Hall–Kier alpha value is -2.35. The number of carbonyl (C=O) groups excluding carboxylic acids is 1. The van der Waals surface area contributed by atoms with Crippen LogP contribution in [0.3, 0.4) is 0 Å². The van der Waals surface area contributed by atoms with E-state index in [1.165, 1.54) is 17.3 Å². The van der Waals surface area contributed by atoms with Gasteiger partial charge in [0.1, 0.15) is 0 Å². The van der Waals surface area contributed by atoms with Gasteiger partial charge in [-0.05, 0) is 25.0 Å². The lowest BCUT2D eigenvalue weighted by molar-refractivity contribution is -0.117. The lowest BCUT2D eigenvalue weighted by Crippen LogP contribution is -2.35. The second-order valence-corrected chi connectivity index (χ2v) is 6.27. The van der Waals surface area contributed by atoms with Gasteiger partial charge in [0.25, 0.3) is 0 Å². The topological polar surface area (TPSA) is 111 Å². The maximum atomic E-state index is 12.7. The number of rotatable bonds is 3. The number of thioether (sulfide) groups is 1. The highest BCUT2D eigenvalue weighted by molar-refractivity contribution is 8.00. The number of nitrogen functional groups attached to an aromatic ring is 2. The molecular formula is C14H16N6OS. The number of nitrogens with two attached hydrogens (primary N) is 2. The van der Waals surface area contributed by atoms with E-state index in [0.29, 0.717) is 11.7 Å². The van der Waals surface area contributed by atoms with Gasteiger partial charge in [-0.1, -0.05) is 30.0 Å². The second kappa shape index (κ2) is 5.80. The largest absolute Gasteiger partial charge is 0.368 e. The number of anilines is 3. The predicted molar refractivity (Wildman–Crippen MR) is 86.5 cm³/mol. The third-order valence-corrected chi connectivity index (χ3v) is 4.38. The minimum atomic E-state index is -0.340. The van der Waals surface area contributed by atoms with Gasteiger partial charge in [0.2, 0.25) is 17.8 Å². The fourth-order valence-corrected chi connectivity index (χ4v) is 3.27. The van der Waals surface area contributed by atoms with Gasteiger partial charge in [0, 0.05) is 12.2 Å². The summed E-state index contributed by atoms with van der Waals surface area (Å²) >= 11 is 1.23. The molecule has 1 aliphatic rings. The van der Waals surface area contributed by atoms with Crippen LogP contribution in [-0.4, -0.2) is 32.7 Å². The van der Waals surface area contributed by atoms with E-state index in [1.807, 2.05) is 31.2 Å². The van der Waals surface area contributed by atoms with Gasteiger partial charge in [-0.3, -0.25) is 4.79 Å². The summed E-state index contributed by atoms with van der Waals surface area (Å²) in [6.45, 7) is 2.52. The van der Waals surface area contributed by atoms with Crippen molar-refractivity contribution in [3.8, 4) is 0 Å². The maximum absolute atomic E-state index is 12.7. The smallest absolute Gasteiger partial charge is 0.240 e. The van der Waals surface area contributed by atoms with E-state index in [2.05, 4.69) is 15.0 Å². The van der Waals surface area contributed by atoms with Gasteiger partial charge in [-0.2, -0.15) is 15.0 Å². The minimum absolute atomic E-state index is 0.0208. The Morgan fingerprint density at radius 3 is 2.64 bits per heavy atom. The molecule has 1 aromatic carbocycles. The molecule has 1 aromatic heterocycles. The van der Waals surface area contributed by atoms with E-state index in [1.54, 1.807) is 4.90 Å². The summed E-state index contributed by atoms with van der Waals surface area (Å²) in [5.74, 6) is 0.134. The van der Waals surface area contributed by atoms with E-state index >= 15 is 0 Å². The minimum Gasteiger partial charge on any atom is -0.368 e. The molecule has 0 radical (unpaired) electrons. The summed E-state index contributed by atoms with van der Waals surface area (Å²) in [4.78, 5) is 26.2. The number of carbonyl (C=O) groups is 1. The molecule has 1 aliphatic heterocycles. The standard InChI is InChI=1S/C14H16N6OS/c1-8(22-14-18-12(15)17-13(16)19-14)11(21)20-7-6-9-4-2-3-5-10(9)20/h2-5,8H,6-7H2,1H3,(H4,15,16,17,18,19)/t8-/m0/s1. The lowest BCUT2D eigenvalue weighted by atomic mass is 10.2. The first-order valence-electron chi connectivity index (χ1n) is 6.87. The molecule has 0 saturated heterocycles. The number of aromatic nitrogens is 3. The Morgan fingerprint density at radius 1 is 1.23 bits per heavy atom. The van der Waals surface area contributed by atoms with E-state index in [4.69, 9.17) is 11.5 Å². The zero-order valence-electron chi connectivity index (χ0n) is 12.1. The molecule has 4 N–H and O–H groups in total. The lowest BCUT2D eigenvalue weighted by Gasteiger charge is -2.20. The summed E-state index contributed by atoms with van der Waals surface area (Å²) in [5.41, 5.74) is 13.3. The van der Waals surface area contributed by atoms with Crippen LogP contribution in [-0.2, 0) is 11.2 Å². The molecule has 22 heavy (non-hydrogen) atoms. The van der Waals surface area contributed by atoms with Crippen LogP contribution in [0.2, 0.25) is 0 Å². The third-order valence-electron chi connectivity index (χ3n) is 3.43. The summed E-state index contributed by atoms with van der Waals surface area (Å²) in [6.07, 6.45) is 0.880. The van der Waals surface area contributed by atoms with Crippen LogP contribution in [0.1, 0.15) is 12.5 Å². The van der Waals surface area contributed by atoms with Gasteiger partial charge in [-0.15, -0.1) is 0 Å². The molecule has 0 spiro atoms. The van der Waals surface area contributed by atoms with Gasteiger partial charge >= 0.3 is 0 Å². The van der Waals surface area contributed by atoms with Crippen molar-refractivity contribution in [1.82, 2.24) is 15.0 Å². The van der Waals surface area contributed by atoms with Crippen molar-refractivity contribution in [2.75, 3.05) is 22.9 Å². The first-order valence-corrected chi connectivity index (χ1v) is 7.75. The number of amides is 1. The Kier molecular flexibility index (Phi) is 3.84. The SMILES string of the molecule is C[C@H](Sc1nc(N)nc(N)n1)C(=O)N1CCc2ccccc21. The zero-order valence-corrected chi connectivity index (χ0v) is 12.9. The van der Waals surface area contributed by atoms with Gasteiger partial charge < -0.3 is 16.4 Å². The summed E-state index contributed by atoms with van der Waals surface area (Å²) in [5, 5.41) is 0.0192. The monoisotopic (exact) mass is 316 g/mol. The molecule has 3 rings (SSSR count). The molecule has 0 saturated carbocycles. The van der Waals surface area contributed by atoms with Crippen molar-refractivity contribution in [3.63, 3.8) is 0 Å². The van der Waals surface area contributed by atoms with E-state index in [0.717, 1.165) is 12.1 Å². The fraction of sp³-hybridized carbons (Fsp3) is 0.286. The highest BCUT2D eigenvalue weighted by Gasteiger charge is 2.28. The third kappa shape index (κ3) is 2.82. The Morgan fingerprint density at radius 2 is 1.91 bits per heavy atom. The highest BCUT2D eigenvalue weighted by Crippen LogP contribution is 2.30. The molecule has 0 fully saturated rings. The molecule has 7 nitrogen and oxygen atoms in total. The van der Waals surface area contributed by atoms with Crippen molar-refractivity contribution in [2.24, 2.45) is 0 Å². The number of hydrogen-bond acceptors (Lipinski definition) is 7. The molecule has 1 atom stereocenters. The van der Waals surface area contributed by atoms with E-state index in [-0.39, 0.29) is 23.1 Å². The van der Waals surface area contributed by atoms with E-state index in [9.17, 15) is 4.79 Å². The summed E-state index contributed by atoms with van der Waals surface area (Å²) < 4.78 is 0. The van der Waals surface area contributed by atoms with Gasteiger partial charge in [-0.25, -0.2) is 0 Å². The number of fused-ring (bicyclic) bond motifs is 1. The van der Waals surface area contributed by atoms with Crippen LogP contribution < -0.4 is 16.4 Å². The number of benzene rings is 1. The van der Waals surface area contributed by atoms with Crippen LogP contribution in [0.5, 0.6) is 0 Å². The van der Waals surface area contributed by atoms with Crippen LogP contribution in [0, 0.1) is 0 Å². The molecule has 1 amide bonds. The molecule has 0 aliphatic carbocycles. The predicted octanol–water partition coefficient (Wildman–Crippen LogP) is 1.11. The maximum Gasteiger partial charge on any atom is 0.240 e. The molecule has 114 valence electrons. The van der Waals surface area contributed by atoms with Gasteiger partial charge in [0.05, 0.1) is 5.25 Å². The first kappa shape index (κ1) is 14.6. The van der Waals surface area contributed by atoms with Crippen LogP contribution in [0.25, 0.3) is 0 Å². The van der Waals surface area contributed by atoms with Gasteiger partial charge in [0.15, 0.2) is 5.16 Å². The molecule has 2 aromatic rings. The van der Waals surface area contributed by atoms with Crippen molar-refractivity contribution < 1.29 is 4.79 Å². The average Bonchev–Trinajstić information content (AvgIpc) is 2.89. The molecule has 0 unspecified atom stereocenters. The highest BCUT2D eigenvalue weighted by atomic mass is 32.2. The van der Waals surface area contributed by atoms with Crippen molar-refractivity contribution >= 4 is 35.3 Å².